The molecule has 7 heteroatoms. The van der Waals surface area contributed by atoms with Crippen molar-refractivity contribution in [1.82, 2.24) is 5.32 Å². The van der Waals surface area contributed by atoms with Crippen molar-refractivity contribution in [2.75, 3.05) is 24.6 Å². The zero-order valence-electron chi connectivity index (χ0n) is 9.06. The number of anilines is 2. The van der Waals surface area contributed by atoms with Crippen LogP contribution in [-0.2, 0) is 11.0 Å². The van der Waals surface area contributed by atoms with Gasteiger partial charge in [-0.05, 0) is 25.2 Å². The number of hydrogen-bond donors (Lipinski definition) is 3. The second-order valence-electron chi connectivity index (χ2n) is 3.38. The molecule has 0 saturated carbocycles. The van der Waals surface area contributed by atoms with E-state index < -0.39 is 17.6 Å². The number of nitrogens with two attached hydrogens (primary N) is 1. The van der Waals surface area contributed by atoms with Crippen LogP contribution in [0.25, 0.3) is 0 Å². The molecule has 0 fully saturated rings. The van der Waals surface area contributed by atoms with Gasteiger partial charge in [-0.15, -0.1) is 0 Å². The minimum atomic E-state index is -4.46. The molecule has 0 radical (unpaired) electrons. The molecule has 0 saturated heterocycles. The van der Waals surface area contributed by atoms with Gasteiger partial charge < -0.3 is 16.4 Å². The fourth-order valence-electron chi connectivity index (χ4n) is 1.20. The van der Waals surface area contributed by atoms with Crippen LogP contribution in [-0.4, -0.2) is 19.5 Å². The lowest BCUT2D eigenvalue weighted by Crippen LogP contribution is -2.25. The third-order valence-electron chi connectivity index (χ3n) is 1.99. The molecule has 0 spiro atoms. The van der Waals surface area contributed by atoms with Crippen LogP contribution in [0.15, 0.2) is 18.2 Å². The molecule has 4 nitrogen and oxygen atoms in total. The average molecular weight is 247 g/mol. The Labute approximate surface area is 96.0 Å². The smallest absolute Gasteiger partial charge is 0.397 e. The zero-order chi connectivity index (χ0) is 13.1. The molecular formula is C10H12F3N3O. The Bertz CT molecular complexity index is 418. The molecular weight excluding hydrogens is 235 g/mol. The van der Waals surface area contributed by atoms with E-state index in [2.05, 4.69) is 10.6 Å². The predicted molar refractivity (Wildman–Crippen MR) is 58.4 cm³/mol. The summed E-state index contributed by atoms with van der Waals surface area (Å²) in [7, 11) is 1.55. The SMILES string of the molecule is CNCC(=O)Nc1cc(C(F)(F)F)ccc1N. The van der Waals surface area contributed by atoms with Gasteiger partial charge in [0.25, 0.3) is 0 Å². The molecule has 0 heterocycles. The summed E-state index contributed by atoms with van der Waals surface area (Å²) in [5.74, 6) is -0.460. The number of alkyl halides is 3. The number of carbonyl (C=O) groups excluding carboxylic acids is 1. The van der Waals surface area contributed by atoms with Crippen molar-refractivity contribution >= 4 is 17.3 Å². The topological polar surface area (TPSA) is 67.2 Å². The monoisotopic (exact) mass is 247 g/mol. The molecule has 1 aromatic carbocycles. The maximum Gasteiger partial charge on any atom is 0.416 e. The first-order valence-electron chi connectivity index (χ1n) is 4.75. The summed E-state index contributed by atoms with van der Waals surface area (Å²) in [6.07, 6.45) is -4.46. The Kier molecular flexibility index (Phi) is 3.95. The minimum absolute atomic E-state index is 0.00428. The van der Waals surface area contributed by atoms with Crippen molar-refractivity contribution in [3.8, 4) is 0 Å². The standard InChI is InChI=1S/C10H12F3N3O/c1-15-5-9(17)16-8-4-6(10(11,12)13)2-3-7(8)14/h2-4,15H,5,14H2,1H3,(H,16,17). The van der Waals surface area contributed by atoms with Crippen LogP contribution < -0.4 is 16.4 Å². The molecule has 0 unspecified atom stereocenters. The fraction of sp³-hybridized carbons (Fsp3) is 0.300. The zero-order valence-corrected chi connectivity index (χ0v) is 9.06. The van der Waals surface area contributed by atoms with Gasteiger partial charge >= 0.3 is 6.18 Å². The van der Waals surface area contributed by atoms with Gasteiger partial charge in [0.2, 0.25) is 5.91 Å². The molecule has 1 amide bonds. The molecule has 1 rings (SSSR count). The Morgan fingerprint density at radius 2 is 2.06 bits per heavy atom. The first kappa shape index (κ1) is 13.3. The molecule has 0 aliphatic carbocycles. The van der Waals surface area contributed by atoms with Crippen molar-refractivity contribution in [2.24, 2.45) is 0 Å². The second-order valence-corrected chi connectivity index (χ2v) is 3.38. The third kappa shape index (κ3) is 3.63. The summed E-state index contributed by atoms with van der Waals surface area (Å²) < 4.78 is 37.3. The van der Waals surface area contributed by atoms with Crippen molar-refractivity contribution < 1.29 is 18.0 Å². The summed E-state index contributed by atoms with van der Waals surface area (Å²) in [5, 5.41) is 4.87. The number of hydrogen-bond acceptors (Lipinski definition) is 3. The first-order chi connectivity index (χ1) is 7.84. The summed E-state index contributed by atoms with van der Waals surface area (Å²) in [6, 6.07) is 2.78. The van der Waals surface area contributed by atoms with E-state index in [-0.39, 0.29) is 17.9 Å². The highest BCUT2D eigenvalue weighted by atomic mass is 19.4. The van der Waals surface area contributed by atoms with Gasteiger partial charge in [0.05, 0.1) is 23.5 Å². The van der Waals surface area contributed by atoms with Crippen LogP contribution in [0.5, 0.6) is 0 Å². The second kappa shape index (κ2) is 5.05. The van der Waals surface area contributed by atoms with Gasteiger partial charge in [-0.2, -0.15) is 13.2 Å². The summed E-state index contributed by atoms with van der Waals surface area (Å²) in [5.41, 5.74) is 4.66. The maximum atomic E-state index is 12.4. The molecule has 0 aliphatic heterocycles. The van der Waals surface area contributed by atoms with Crippen molar-refractivity contribution in [3.63, 3.8) is 0 Å². The van der Waals surface area contributed by atoms with Crippen LogP contribution in [0, 0.1) is 0 Å². The number of amides is 1. The Morgan fingerprint density at radius 3 is 2.59 bits per heavy atom. The van der Waals surface area contributed by atoms with Gasteiger partial charge in [0.15, 0.2) is 0 Å². The van der Waals surface area contributed by atoms with E-state index in [1.165, 1.54) is 0 Å². The molecule has 17 heavy (non-hydrogen) atoms. The number of nitrogen functional groups attached to an aromatic ring is 1. The largest absolute Gasteiger partial charge is 0.416 e. The van der Waals surface area contributed by atoms with Crippen molar-refractivity contribution in [2.45, 2.75) is 6.18 Å². The highest BCUT2D eigenvalue weighted by molar-refractivity contribution is 5.95. The number of likely N-dealkylation sites (N-methyl/N-ethyl adjacent to an activating group) is 1. The molecule has 0 aromatic heterocycles. The number of nitrogens with one attached hydrogen (secondary N) is 2. The minimum Gasteiger partial charge on any atom is -0.397 e. The van der Waals surface area contributed by atoms with Gasteiger partial charge in [-0.3, -0.25) is 4.79 Å². The Balaban J connectivity index is 2.95. The normalized spacial score (nSPS) is 11.3. The van der Waals surface area contributed by atoms with E-state index in [0.717, 1.165) is 18.2 Å². The molecule has 0 aliphatic rings. The van der Waals surface area contributed by atoms with Crippen LogP contribution in [0.3, 0.4) is 0 Å². The lowest BCUT2D eigenvalue weighted by atomic mass is 10.1. The summed E-state index contributed by atoms with van der Waals surface area (Å²) >= 11 is 0. The quantitative estimate of drug-likeness (QED) is 0.708. The first-order valence-corrected chi connectivity index (χ1v) is 4.75. The van der Waals surface area contributed by atoms with E-state index in [0.29, 0.717) is 0 Å². The van der Waals surface area contributed by atoms with E-state index >= 15 is 0 Å². The average Bonchev–Trinajstić information content (AvgIpc) is 2.20. The van der Waals surface area contributed by atoms with Gasteiger partial charge in [-0.1, -0.05) is 0 Å². The molecule has 1 aromatic rings. The van der Waals surface area contributed by atoms with Crippen molar-refractivity contribution in [3.05, 3.63) is 23.8 Å². The molecule has 0 atom stereocenters. The predicted octanol–water partition coefficient (Wildman–Crippen LogP) is 1.45. The van der Waals surface area contributed by atoms with Gasteiger partial charge in [0, 0.05) is 0 Å². The van der Waals surface area contributed by atoms with E-state index in [1.807, 2.05) is 0 Å². The van der Waals surface area contributed by atoms with Gasteiger partial charge in [-0.25, -0.2) is 0 Å². The molecule has 0 bridgehead atoms. The van der Waals surface area contributed by atoms with E-state index in [9.17, 15) is 18.0 Å². The lowest BCUT2D eigenvalue weighted by Gasteiger charge is -2.12. The number of carbonyl (C=O) groups is 1. The summed E-state index contributed by atoms with van der Waals surface area (Å²) in [4.78, 5) is 11.2. The summed E-state index contributed by atoms with van der Waals surface area (Å²) in [6.45, 7) is -0.00428. The van der Waals surface area contributed by atoms with Crippen LogP contribution in [0.2, 0.25) is 0 Å². The Hall–Kier alpha value is -1.76. The highest BCUT2D eigenvalue weighted by Gasteiger charge is 2.31. The van der Waals surface area contributed by atoms with Crippen LogP contribution >= 0.6 is 0 Å². The number of rotatable bonds is 3. The van der Waals surface area contributed by atoms with E-state index in [1.54, 1.807) is 7.05 Å². The maximum absolute atomic E-state index is 12.4. The molecule has 94 valence electrons. The molecule has 4 N–H and O–H groups in total. The highest BCUT2D eigenvalue weighted by Crippen LogP contribution is 2.32. The Morgan fingerprint density at radius 1 is 1.41 bits per heavy atom. The van der Waals surface area contributed by atoms with Gasteiger partial charge in [0.1, 0.15) is 0 Å². The number of benzene rings is 1. The van der Waals surface area contributed by atoms with Crippen LogP contribution in [0.1, 0.15) is 5.56 Å². The van der Waals surface area contributed by atoms with Crippen LogP contribution in [0.4, 0.5) is 24.5 Å². The third-order valence-corrected chi connectivity index (χ3v) is 1.99. The van der Waals surface area contributed by atoms with E-state index in [4.69, 9.17) is 5.73 Å². The fourth-order valence-corrected chi connectivity index (χ4v) is 1.20. The lowest BCUT2D eigenvalue weighted by molar-refractivity contribution is -0.137. The van der Waals surface area contributed by atoms with Crippen molar-refractivity contribution in [1.29, 1.82) is 0 Å². The number of halogens is 3.